The number of fused-ring (bicyclic) bond motifs is 5. The Morgan fingerprint density at radius 2 is 1.92 bits per heavy atom. The molecular weight excluding hydrogens is 312 g/mol. The van der Waals surface area contributed by atoms with E-state index in [-0.39, 0.29) is 11.2 Å². The predicted octanol–water partition coefficient (Wildman–Crippen LogP) is 4.04. The van der Waals surface area contributed by atoms with Crippen molar-refractivity contribution in [2.45, 2.75) is 26.7 Å². The predicted molar refractivity (Wildman–Crippen MR) is 98.5 cm³/mol. The van der Waals surface area contributed by atoms with E-state index in [1.165, 1.54) is 0 Å². The average Bonchev–Trinajstić information content (AvgIpc) is 2.90. The van der Waals surface area contributed by atoms with E-state index >= 15 is 0 Å². The fraction of sp³-hybridized carbons (Fsp3) is 0.333. The monoisotopic (exact) mass is 335 g/mol. The Hall–Kier alpha value is -2.62. The average molecular weight is 335 g/mol. The SMILES string of the molecule is CN(C)/C=C/c1oc2c(c3c4ccccc4[nH+]c1-3)C(=O)CC(C)(C)C2. The van der Waals surface area contributed by atoms with Gasteiger partial charge >= 0.3 is 0 Å². The van der Waals surface area contributed by atoms with Crippen molar-refractivity contribution in [3.05, 3.63) is 47.5 Å². The van der Waals surface area contributed by atoms with Crippen LogP contribution in [0.5, 0.6) is 0 Å². The Morgan fingerprint density at radius 1 is 1.16 bits per heavy atom. The highest BCUT2D eigenvalue weighted by atomic mass is 16.3. The van der Waals surface area contributed by atoms with Crippen molar-refractivity contribution in [1.29, 1.82) is 0 Å². The van der Waals surface area contributed by atoms with Crippen LogP contribution < -0.4 is 4.98 Å². The molecule has 25 heavy (non-hydrogen) atoms. The van der Waals surface area contributed by atoms with Gasteiger partial charge in [0.05, 0.1) is 16.5 Å². The highest BCUT2D eigenvalue weighted by molar-refractivity contribution is 6.10. The fourth-order valence-electron chi connectivity index (χ4n) is 3.73. The number of aromatic amines is 1. The number of hydrogen-bond donors (Lipinski definition) is 0. The van der Waals surface area contributed by atoms with Gasteiger partial charge in [0.1, 0.15) is 5.76 Å². The van der Waals surface area contributed by atoms with E-state index in [2.05, 4.69) is 24.9 Å². The molecule has 4 rings (SSSR count). The molecule has 1 N–H and O–H groups in total. The summed E-state index contributed by atoms with van der Waals surface area (Å²) in [6.45, 7) is 4.25. The number of rotatable bonds is 2. The summed E-state index contributed by atoms with van der Waals surface area (Å²) in [4.78, 5) is 18.4. The minimum atomic E-state index is -0.0735. The molecule has 0 bridgehead atoms. The summed E-state index contributed by atoms with van der Waals surface area (Å²) < 4.78 is 6.23. The highest BCUT2D eigenvalue weighted by Gasteiger charge is 2.39. The lowest BCUT2D eigenvalue weighted by atomic mass is 9.74. The van der Waals surface area contributed by atoms with Crippen molar-refractivity contribution >= 4 is 22.8 Å². The van der Waals surface area contributed by atoms with Crippen molar-refractivity contribution in [3.8, 4) is 11.3 Å². The van der Waals surface area contributed by atoms with Gasteiger partial charge in [-0.05, 0) is 11.5 Å². The van der Waals surface area contributed by atoms with Gasteiger partial charge in [-0.15, -0.1) is 0 Å². The Bertz CT molecular complexity index is 979. The number of para-hydroxylation sites is 1. The van der Waals surface area contributed by atoms with Gasteiger partial charge in [0, 0.05) is 45.3 Å². The van der Waals surface area contributed by atoms with Crippen LogP contribution in [0.2, 0.25) is 0 Å². The number of H-pyrrole nitrogens is 1. The number of hydrogen-bond acceptors (Lipinski definition) is 3. The van der Waals surface area contributed by atoms with Gasteiger partial charge in [-0.3, -0.25) is 4.79 Å². The summed E-state index contributed by atoms with van der Waals surface area (Å²) in [6, 6.07) is 8.12. The number of nitrogens with one attached hydrogen (secondary N) is 1. The Morgan fingerprint density at radius 3 is 2.68 bits per heavy atom. The van der Waals surface area contributed by atoms with E-state index in [1.807, 2.05) is 49.5 Å². The molecule has 0 saturated carbocycles. The second-order valence-corrected chi connectivity index (χ2v) is 7.91. The van der Waals surface area contributed by atoms with Crippen molar-refractivity contribution in [2.24, 2.45) is 5.41 Å². The van der Waals surface area contributed by atoms with Crippen LogP contribution >= 0.6 is 0 Å². The molecule has 0 aromatic heterocycles. The van der Waals surface area contributed by atoms with E-state index in [4.69, 9.17) is 4.42 Å². The maximum Gasteiger partial charge on any atom is 0.256 e. The normalized spacial score (nSPS) is 16.7. The van der Waals surface area contributed by atoms with Gasteiger partial charge in [-0.1, -0.05) is 26.0 Å². The molecular formula is C21H23N2O2+. The first-order valence-corrected chi connectivity index (χ1v) is 8.63. The molecule has 128 valence electrons. The summed E-state index contributed by atoms with van der Waals surface area (Å²) in [6.07, 6.45) is 5.25. The standard InChI is InChI=1S/C21H22N2O2/c1-21(2)11-15(24)19-17(12-21)25-16(9-10-23(3)4)20-18(19)13-7-5-6-8-14(13)22-20/h5-10H,11-12H2,1-4H3/p+1/b10-9+. The summed E-state index contributed by atoms with van der Waals surface area (Å²) in [5.74, 6) is 1.74. The minimum Gasteiger partial charge on any atom is -0.454 e. The number of benzene rings is 1. The van der Waals surface area contributed by atoms with Gasteiger partial charge in [0.2, 0.25) is 5.52 Å². The van der Waals surface area contributed by atoms with Gasteiger partial charge in [0.25, 0.3) is 5.69 Å². The van der Waals surface area contributed by atoms with Crippen molar-refractivity contribution < 1.29 is 14.2 Å². The van der Waals surface area contributed by atoms with Crippen molar-refractivity contribution in [1.82, 2.24) is 4.90 Å². The molecule has 1 aromatic carbocycles. The molecule has 0 fully saturated rings. The van der Waals surface area contributed by atoms with Gasteiger partial charge in [0.15, 0.2) is 11.5 Å². The van der Waals surface area contributed by atoms with E-state index < -0.39 is 0 Å². The van der Waals surface area contributed by atoms with Crippen LogP contribution in [0.15, 0.2) is 34.9 Å². The minimum absolute atomic E-state index is 0.0735. The number of carbonyl (C=O) groups excluding carboxylic acids is 1. The topological polar surface area (TPSA) is 47.6 Å². The van der Waals surface area contributed by atoms with Crippen LogP contribution in [0, 0.1) is 5.41 Å². The third-order valence-electron chi connectivity index (χ3n) is 4.80. The molecule has 1 aromatic rings. The van der Waals surface area contributed by atoms with Crippen LogP contribution in [-0.2, 0) is 6.42 Å². The quantitative estimate of drug-likeness (QED) is 0.710. The van der Waals surface area contributed by atoms with Crippen LogP contribution in [0.4, 0.5) is 0 Å². The first-order valence-electron chi connectivity index (χ1n) is 8.63. The number of Topliss-reactive ketones (excluding diaryl/α,β-unsaturated/α-hetero) is 1. The molecule has 0 amide bonds. The lowest BCUT2D eigenvalue weighted by molar-refractivity contribution is -0.328. The van der Waals surface area contributed by atoms with Gasteiger partial charge < -0.3 is 9.32 Å². The first-order chi connectivity index (χ1) is 11.9. The summed E-state index contributed by atoms with van der Waals surface area (Å²) in [5.41, 5.74) is 3.60. The van der Waals surface area contributed by atoms with Crippen LogP contribution in [0.3, 0.4) is 0 Å². The van der Waals surface area contributed by atoms with Crippen LogP contribution in [-0.4, -0.2) is 24.8 Å². The Balaban J connectivity index is 2.07. The summed E-state index contributed by atoms with van der Waals surface area (Å²) in [5, 5.41) is 1.08. The maximum atomic E-state index is 12.9. The summed E-state index contributed by atoms with van der Waals surface area (Å²) in [7, 11) is 3.95. The zero-order chi connectivity index (χ0) is 17.8. The molecule has 0 radical (unpaired) electrons. The first kappa shape index (κ1) is 15.9. The fourth-order valence-corrected chi connectivity index (χ4v) is 3.73. The maximum absolute atomic E-state index is 12.9. The lowest BCUT2D eigenvalue weighted by Crippen LogP contribution is -2.28. The largest absolute Gasteiger partial charge is 0.454 e. The van der Waals surface area contributed by atoms with Crippen molar-refractivity contribution in [2.75, 3.05) is 14.1 Å². The molecule has 0 spiro atoms. The van der Waals surface area contributed by atoms with Crippen molar-refractivity contribution in [3.63, 3.8) is 0 Å². The number of carbonyl (C=O) groups is 1. The zero-order valence-electron chi connectivity index (χ0n) is 15.1. The molecule has 2 aliphatic heterocycles. The third-order valence-corrected chi connectivity index (χ3v) is 4.80. The number of ketones is 1. The van der Waals surface area contributed by atoms with E-state index in [0.29, 0.717) is 6.42 Å². The second kappa shape index (κ2) is 5.45. The van der Waals surface area contributed by atoms with Crippen LogP contribution in [0.25, 0.3) is 28.2 Å². The molecule has 4 nitrogen and oxygen atoms in total. The molecule has 2 heterocycles. The smallest absolute Gasteiger partial charge is 0.256 e. The van der Waals surface area contributed by atoms with Crippen LogP contribution in [0.1, 0.15) is 42.1 Å². The summed E-state index contributed by atoms with van der Waals surface area (Å²) >= 11 is 0. The molecule has 0 atom stereocenters. The number of nitrogens with zero attached hydrogens (tertiary/aromatic N) is 1. The molecule has 0 unspecified atom stereocenters. The third kappa shape index (κ3) is 2.62. The molecule has 4 heteroatoms. The van der Waals surface area contributed by atoms with Gasteiger partial charge in [-0.25, -0.2) is 4.98 Å². The molecule has 3 aliphatic rings. The second-order valence-electron chi connectivity index (χ2n) is 7.91. The highest BCUT2D eigenvalue weighted by Crippen LogP contribution is 2.43. The van der Waals surface area contributed by atoms with E-state index in [9.17, 15) is 4.79 Å². The number of aromatic nitrogens is 1. The zero-order valence-corrected chi connectivity index (χ0v) is 15.1. The Kier molecular flexibility index (Phi) is 3.46. The van der Waals surface area contributed by atoms with E-state index in [0.717, 1.165) is 45.7 Å². The lowest BCUT2D eigenvalue weighted by Gasteiger charge is -2.29. The molecule has 1 aliphatic carbocycles. The van der Waals surface area contributed by atoms with E-state index in [1.54, 1.807) is 0 Å². The Labute approximate surface area is 147 Å². The molecule has 0 saturated heterocycles. The van der Waals surface area contributed by atoms with Gasteiger partial charge in [-0.2, -0.15) is 0 Å².